The average Bonchev–Trinajstić information content (AvgIpc) is 1.82. The van der Waals surface area contributed by atoms with Crippen molar-refractivity contribution in [2.45, 2.75) is 60.2 Å². The Kier molecular flexibility index (Phi) is 3.95. The van der Waals surface area contributed by atoms with Crippen LogP contribution in [0.4, 0.5) is 0 Å². The number of aliphatic hydroxyl groups is 2. The van der Waals surface area contributed by atoms with E-state index in [9.17, 15) is 10.2 Å². The SMILES string of the molecule is CC(C)(C)[C@H](O)C[C@H](O)C(C)(C)C. The van der Waals surface area contributed by atoms with Crippen molar-refractivity contribution in [2.75, 3.05) is 0 Å². The van der Waals surface area contributed by atoms with Gasteiger partial charge in [0.1, 0.15) is 0 Å². The standard InChI is InChI=1S/C11H24O2/c1-10(2,3)8(12)7-9(13)11(4,5)6/h8-9,12-13H,7H2,1-6H3/t8-,9+. The van der Waals surface area contributed by atoms with Crippen molar-refractivity contribution in [1.29, 1.82) is 0 Å². The molecular formula is C11H24O2. The smallest absolute Gasteiger partial charge is 0.0613 e. The van der Waals surface area contributed by atoms with E-state index in [1.165, 1.54) is 0 Å². The predicted octanol–water partition coefficient (Wildman–Crippen LogP) is 2.19. The van der Waals surface area contributed by atoms with Crippen LogP contribution in [-0.4, -0.2) is 22.4 Å². The van der Waals surface area contributed by atoms with E-state index < -0.39 is 12.2 Å². The second-order valence-electron chi connectivity index (χ2n) is 6.00. The van der Waals surface area contributed by atoms with Crippen LogP contribution in [0.1, 0.15) is 48.0 Å². The van der Waals surface area contributed by atoms with Crippen molar-refractivity contribution in [3.63, 3.8) is 0 Å². The molecule has 2 atom stereocenters. The summed E-state index contributed by atoms with van der Waals surface area (Å²) in [5.74, 6) is 0. The van der Waals surface area contributed by atoms with Crippen molar-refractivity contribution < 1.29 is 10.2 Å². The molecule has 0 bridgehead atoms. The van der Waals surface area contributed by atoms with Crippen LogP contribution < -0.4 is 0 Å². The predicted molar refractivity (Wildman–Crippen MR) is 55.5 cm³/mol. The number of rotatable bonds is 2. The first-order valence-corrected chi connectivity index (χ1v) is 4.91. The molecule has 0 amide bonds. The summed E-state index contributed by atoms with van der Waals surface area (Å²) in [6.07, 6.45) is -0.434. The Morgan fingerprint density at radius 3 is 1.15 bits per heavy atom. The maximum Gasteiger partial charge on any atom is 0.0613 e. The Balaban J connectivity index is 4.15. The Labute approximate surface area is 82.0 Å². The highest BCUT2D eigenvalue weighted by molar-refractivity contribution is 4.81. The van der Waals surface area contributed by atoms with Crippen LogP contribution in [0.3, 0.4) is 0 Å². The molecule has 2 N–H and O–H groups in total. The highest BCUT2D eigenvalue weighted by Crippen LogP contribution is 2.28. The van der Waals surface area contributed by atoms with E-state index in [1.807, 2.05) is 41.5 Å². The molecule has 0 aliphatic carbocycles. The Morgan fingerprint density at radius 2 is 1.00 bits per heavy atom. The van der Waals surface area contributed by atoms with Gasteiger partial charge in [0.05, 0.1) is 12.2 Å². The van der Waals surface area contributed by atoms with Gasteiger partial charge < -0.3 is 10.2 Å². The number of aliphatic hydroxyl groups excluding tert-OH is 2. The van der Waals surface area contributed by atoms with E-state index in [0.29, 0.717) is 6.42 Å². The molecule has 0 radical (unpaired) electrons. The van der Waals surface area contributed by atoms with Crippen LogP contribution >= 0.6 is 0 Å². The van der Waals surface area contributed by atoms with Crippen molar-refractivity contribution in [1.82, 2.24) is 0 Å². The van der Waals surface area contributed by atoms with E-state index in [1.54, 1.807) is 0 Å². The molecule has 0 aromatic carbocycles. The van der Waals surface area contributed by atoms with Crippen LogP contribution in [0.25, 0.3) is 0 Å². The third kappa shape index (κ3) is 4.63. The Hall–Kier alpha value is -0.0800. The molecule has 0 spiro atoms. The fourth-order valence-electron chi connectivity index (χ4n) is 0.919. The fraction of sp³-hybridized carbons (Fsp3) is 1.00. The first-order chi connectivity index (χ1) is 5.55. The molecular weight excluding hydrogens is 164 g/mol. The quantitative estimate of drug-likeness (QED) is 0.697. The zero-order chi connectivity index (χ0) is 10.9. The molecule has 0 fully saturated rings. The summed E-state index contributed by atoms with van der Waals surface area (Å²) < 4.78 is 0. The largest absolute Gasteiger partial charge is 0.392 e. The van der Waals surface area contributed by atoms with Gasteiger partial charge in [-0.05, 0) is 10.8 Å². The van der Waals surface area contributed by atoms with Gasteiger partial charge in [-0.1, -0.05) is 41.5 Å². The van der Waals surface area contributed by atoms with Crippen LogP contribution in [-0.2, 0) is 0 Å². The molecule has 0 aromatic heterocycles. The van der Waals surface area contributed by atoms with Gasteiger partial charge in [-0.3, -0.25) is 0 Å². The molecule has 0 unspecified atom stereocenters. The molecule has 0 rings (SSSR count). The lowest BCUT2D eigenvalue weighted by Crippen LogP contribution is -2.35. The lowest BCUT2D eigenvalue weighted by atomic mass is 9.79. The topological polar surface area (TPSA) is 40.5 Å². The lowest BCUT2D eigenvalue weighted by Gasteiger charge is -2.32. The van der Waals surface area contributed by atoms with E-state index in [-0.39, 0.29) is 10.8 Å². The normalized spacial score (nSPS) is 18.5. The molecule has 0 aliphatic rings. The minimum Gasteiger partial charge on any atom is -0.392 e. The maximum atomic E-state index is 9.76. The third-order valence-electron chi connectivity index (χ3n) is 2.45. The minimum absolute atomic E-state index is 0.147. The van der Waals surface area contributed by atoms with E-state index >= 15 is 0 Å². The van der Waals surface area contributed by atoms with E-state index in [4.69, 9.17) is 0 Å². The van der Waals surface area contributed by atoms with Gasteiger partial charge in [0.2, 0.25) is 0 Å². The van der Waals surface area contributed by atoms with Gasteiger partial charge in [-0.2, -0.15) is 0 Å². The lowest BCUT2D eigenvalue weighted by molar-refractivity contribution is -0.0239. The van der Waals surface area contributed by atoms with Gasteiger partial charge in [-0.25, -0.2) is 0 Å². The van der Waals surface area contributed by atoms with Gasteiger partial charge in [0.15, 0.2) is 0 Å². The highest BCUT2D eigenvalue weighted by atomic mass is 16.3. The minimum atomic E-state index is -0.443. The third-order valence-corrected chi connectivity index (χ3v) is 2.45. The van der Waals surface area contributed by atoms with E-state index in [2.05, 4.69) is 0 Å². The molecule has 0 saturated heterocycles. The summed E-state index contributed by atoms with van der Waals surface area (Å²) in [5, 5.41) is 19.5. The first-order valence-electron chi connectivity index (χ1n) is 4.91. The second kappa shape index (κ2) is 3.97. The zero-order valence-electron chi connectivity index (χ0n) is 9.76. The van der Waals surface area contributed by atoms with E-state index in [0.717, 1.165) is 0 Å². The molecule has 80 valence electrons. The average molecular weight is 188 g/mol. The zero-order valence-corrected chi connectivity index (χ0v) is 9.76. The van der Waals surface area contributed by atoms with Crippen molar-refractivity contribution in [3.8, 4) is 0 Å². The fourth-order valence-corrected chi connectivity index (χ4v) is 0.919. The van der Waals surface area contributed by atoms with Gasteiger partial charge in [0, 0.05) is 6.42 Å². The Bertz CT molecular complexity index is 132. The summed E-state index contributed by atoms with van der Waals surface area (Å²) in [5.41, 5.74) is -0.293. The monoisotopic (exact) mass is 188 g/mol. The Morgan fingerprint density at radius 1 is 0.769 bits per heavy atom. The second-order valence-corrected chi connectivity index (χ2v) is 6.00. The summed E-state index contributed by atoms with van der Waals surface area (Å²) >= 11 is 0. The maximum absolute atomic E-state index is 9.76. The first kappa shape index (κ1) is 12.9. The van der Waals surface area contributed by atoms with Crippen LogP contribution in [0.2, 0.25) is 0 Å². The molecule has 0 aliphatic heterocycles. The van der Waals surface area contributed by atoms with Gasteiger partial charge in [0.25, 0.3) is 0 Å². The molecule has 0 heterocycles. The van der Waals surface area contributed by atoms with Crippen LogP contribution in [0, 0.1) is 10.8 Å². The molecule has 13 heavy (non-hydrogen) atoms. The summed E-state index contributed by atoms with van der Waals surface area (Å²) in [6.45, 7) is 11.9. The molecule has 0 aromatic rings. The van der Waals surface area contributed by atoms with Crippen molar-refractivity contribution in [2.24, 2.45) is 10.8 Å². The molecule has 0 saturated carbocycles. The van der Waals surface area contributed by atoms with Crippen molar-refractivity contribution >= 4 is 0 Å². The van der Waals surface area contributed by atoms with Crippen LogP contribution in [0.5, 0.6) is 0 Å². The number of hydrogen-bond donors (Lipinski definition) is 2. The number of hydrogen-bond acceptors (Lipinski definition) is 2. The van der Waals surface area contributed by atoms with Crippen LogP contribution in [0.15, 0.2) is 0 Å². The molecule has 2 nitrogen and oxygen atoms in total. The summed E-state index contributed by atoms with van der Waals surface area (Å²) in [6, 6.07) is 0. The molecule has 2 heteroatoms. The van der Waals surface area contributed by atoms with Gasteiger partial charge >= 0.3 is 0 Å². The summed E-state index contributed by atoms with van der Waals surface area (Å²) in [7, 11) is 0. The highest BCUT2D eigenvalue weighted by Gasteiger charge is 2.30. The van der Waals surface area contributed by atoms with Gasteiger partial charge in [-0.15, -0.1) is 0 Å². The summed E-state index contributed by atoms with van der Waals surface area (Å²) in [4.78, 5) is 0. The van der Waals surface area contributed by atoms with Crippen molar-refractivity contribution in [3.05, 3.63) is 0 Å².